The molecule has 4 rings (SSSR count). The second-order valence-corrected chi connectivity index (χ2v) is 6.44. The van der Waals surface area contributed by atoms with Gasteiger partial charge in [-0.05, 0) is 47.9 Å². The van der Waals surface area contributed by atoms with E-state index in [2.05, 4.69) is 22.2 Å². The summed E-state index contributed by atoms with van der Waals surface area (Å²) in [7, 11) is 0. The van der Waals surface area contributed by atoms with Gasteiger partial charge in [0, 0.05) is 35.2 Å². The van der Waals surface area contributed by atoms with Gasteiger partial charge in [0.2, 0.25) is 0 Å². The molecular weight excluding hydrogens is 336 g/mol. The number of hydrogen-bond donors (Lipinski definition) is 3. The van der Waals surface area contributed by atoms with E-state index in [1.54, 1.807) is 12.4 Å². The molecule has 2 aromatic heterocycles. The summed E-state index contributed by atoms with van der Waals surface area (Å²) in [5, 5.41) is 3.95. The third kappa shape index (κ3) is 3.27. The Kier molecular flexibility index (Phi) is 4.34. The summed E-state index contributed by atoms with van der Waals surface area (Å²) in [6.45, 7) is 2.09. The summed E-state index contributed by atoms with van der Waals surface area (Å²) in [6.07, 6.45) is 6.15. The van der Waals surface area contributed by atoms with Crippen LogP contribution in [-0.2, 0) is 6.42 Å². The summed E-state index contributed by atoms with van der Waals surface area (Å²) >= 11 is 0. The summed E-state index contributed by atoms with van der Waals surface area (Å²) in [6, 6.07) is 15.5. The van der Waals surface area contributed by atoms with Gasteiger partial charge in [-0.2, -0.15) is 0 Å². The zero-order valence-corrected chi connectivity index (χ0v) is 15.0. The van der Waals surface area contributed by atoms with Crippen LogP contribution >= 0.6 is 0 Å². The lowest BCUT2D eigenvalue weighted by molar-refractivity contribution is 0.102. The second kappa shape index (κ2) is 6.96. The number of nitrogens with one attached hydrogen (secondary N) is 2. The smallest absolute Gasteiger partial charge is 0.257 e. The maximum atomic E-state index is 12.9. The molecule has 2 heterocycles. The lowest BCUT2D eigenvalue weighted by Crippen LogP contribution is -2.12. The van der Waals surface area contributed by atoms with Gasteiger partial charge in [-0.25, -0.2) is 0 Å². The van der Waals surface area contributed by atoms with Gasteiger partial charge in [-0.1, -0.05) is 25.1 Å². The van der Waals surface area contributed by atoms with E-state index in [1.807, 2.05) is 54.7 Å². The maximum Gasteiger partial charge on any atom is 0.257 e. The van der Waals surface area contributed by atoms with Gasteiger partial charge in [0.05, 0.1) is 16.8 Å². The molecule has 2 aromatic carbocycles. The fourth-order valence-electron chi connectivity index (χ4n) is 3.27. The Morgan fingerprint density at radius 2 is 2.04 bits per heavy atom. The molecule has 0 bridgehead atoms. The minimum atomic E-state index is -0.145. The molecule has 0 saturated carbocycles. The number of nitrogens with two attached hydrogens (primary N) is 1. The fourth-order valence-corrected chi connectivity index (χ4v) is 3.27. The van der Waals surface area contributed by atoms with Crippen molar-refractivity contribution in [3.8, 4) is 11.1 Å². The Balaban J connectivity index is 1.72. The Labute approximate surface area is 157 Å². The highest BCUT2D eigenvalue weighted by molar-refractivity contribution is 6.14. The molecule has 134 valence electrons. The number of H-pyrrole nitrogens is 1. The van der Waals surface area contributed by atoms with E-state index in [0.29, 0.717) is 11.3 Å². The molecule has 0 saturated heterocycles. The van der Waals surface area contributed by atoms with E-state index in [-0.39, 0.29) is 5.91 Å². The standard InChI is InChI=1S/C22H20N4O/c1-2-14-4-3-5-17(10-14)26-22(27)20-7-6-18(19-8-9-25-21(19)20)15-11-16(23)13-24-12-15/h3-13,25H,2,23H2,1H3,(H,26,27). The van der Waals surface area contributed by atoms with Crippen LogP contribution in [0.25, 0.3) is 22.0 Å². The summed E-state index contributed by atoms with van der Waals surface area (Å²) in [5.74, 6) is -0.145. The van der Waals surface area contributed by atoms with Crippen LogP contribution in [0.15, 0.2) is 67.1 Å². The molecule has 0 atom stereocenters. The van der Waals surface area contributed by atoms with E-state index in [0.717, 1.165) is 34.1 Å². The number of anilines is 2. The number of rotatable bonds is 4. The van der Waals surface area contributed by atoms with Crippen molar-refractivity contribution in [2.45, 2.75) is 13.3 Å². The molecular formula is C22H20N4O. The molecule has 0 radical (unpaired) electrons. The third-order valence-corrected chi connectivity index (χ3v) is 4.63. The number of nitrogens with zero attached hydrogens (tertiary/aromatic N) is 1. The molecule has 5 heteroatoms. The zero-order chi connectivity index (χ0) is 18.8. The average molecular weight is 356 g/mol. The van der Waals surface area contributed by atoms with E-state index in [9.17, 15) is 4.79 Å². The Hall–Kier alpha value is -3.60. The predicted octanol–water partition coefficient (Wildman–Crippen LogP) is 4.63. The number of hydrogen-bond acceptors (Lipinski definition) is 3. The molecule has 0 aliphatic carbocycles. The average Bonchev–Trinajstić information content (AvgIpc) is 3.17. The van der Waals surface area contributed by atoms with Gasteiger partial charge in [0.1, 0.15) is 0 Å². The Bertz CT molecular complexity index is 1130. The number of pyridine rings is 1. The number of aromatic amines is 1. The van der Waals surface area contributed by atoms with Crippen LogP contribution in [0.1, 0.15) is 22.8 Å². The zero-order valence-electron chi connectivity index (χ0n) is 15.0. The van der Waals surface area contributed by atoms with Crippen molar-refractivity contribution >= 4 is 28.2 Å². The highest BCUT2D eigenvalue weighted by Crippen LogP contribution is 2.31. The Morgan fingerprint density at radius 3 is 2.85 bits per heavy atom. The predicted molar refractivity (Wildman–Crippen MR) is 110 cm³/mol. The maximum absolute atomic E-state index is 12.9. The van der Waals surface area contributed by atoms with E-state index >= 15 is 0 Å². The molecule has 5 nitrogen and oxygen atoms in total. The lowest BCUT2D eigenvalue weighted by Gasteiger charge is -2.10. The molecule has 0 aliphatic heterocycles. The minimum absolute atomic E-state index is 0.145. The topological polar surface area (TPSA) is 83.8 Å². The second-order valence-electron chi connectivity index (χ2n) is 6.44. The van der Waals surface area contributed by atoms with Gasteiger partial charge in [-0.15, -0.1) is 0 Å². The van der Waals surface area contributed by atoms with Gasteiger partial charge < -0.3 is 16.0 Å². The first-order chi connectivity index (χ1) is 13.2. The molecule has 1 amide bonds. The molecule has 4 aromatic rings. The molecule has 0 unspecified atom stereocenters. The van der Waals surface area contributed by atoms with Crippen LogP contribution in [0.5, 0.6) is 0 Å². The molecule has 4 N–H and O–H groups in total. The number of carbonyl (C=O) groups excluding carboxylic acids is 1. The molecule has 27 heavy (non-hydrogen) atoms. The first-order valence-electron chi connectivity index (χ1n) is 8.87. The first kappa shape index (κ1) is 16.8. The van der Waals surface area contributed by atoms with Crippen LogP contribution in [0.2, 0.25) is 0 Å². The van der Waals surface area contributed by atoms with Crippen LogP contribution in [0.4, 0.5) is 11.4 Å². The van der Waals surface area contributed by atoms with Crippen molar-refractivity contribution in [1.29, 1.82) is 0 Å². The van der Waals surface area contributed by atoms with Crippen molar-refractivity contribution in [1.82, 2.24) is 9.97 Å². The summed E-state index contributed by atoms with van der Waals surface area (Å²) in [4.78, 5) is 20.2. The van der Waals surface area contributed by atoms with Gasteiger partial charge in [0.15, 0.2) is 0 Å². The third-order valence-electron chi connectivity index (χ3n) is 4.63. The minimum Gasteiger partial charge on any atom is -0.397 e. The van der Waals surface area contributed by atoms with E-state index in [1.165, 1.54) is 5.56 Å². The van der Waals surface area contributed by atoms with Crippen LogP contribution in [0.3, 0.4) is 0 Å². The number of aryl methyl sites for hydroxylation is 1. The van der Waals surface area contributed by atoms with Crippen molar-refractivity contribution in [3.05, 3.63) is 78.2 Å². The lowest BCUT2D eigenvalue weighted by atomic mass is 10.00. The van der Waals surface area contributed by atoms with E-state index in [4.69, 9.17) is 5.73 Å². The van der Waals surface area contributed by atoms with Crippen molar-refractivity contribution in [2.24, 2.45) is 0 Å². The monoisotopic (exact) mass is 356 g/mol. The SMILES string of the molecule is CCc1cccc(NC(=O)c2ccc(-c3cncc(N)c3)c3cc[nH]c23)c1. The fraction of sp³-hybridized carbons (Fsp3) is 0.0909. The van der Waals surface area contributed by atoms with Crippen molar-refractivity contribution in [2.75, 3.05) is 11.1 Å². The Morgan fingerprint density at radius 1 is 1.15 bits per heavy atom. The number of nitrogen functional groups attached to an aromatic ring is 1. The van der Waals surface area contributed by atoms with E-state index < -0.39 is 0 Å². The molecule has 0 aliphatic rings. The van der Waals surface area contributed by atoms with Gasteiger partial charge >= 0.3 is 0 Å². The van der Waals surface area contributed by atoms with Crippen LogP contribution < -0.4 is 11.1 Å². The first-order valence-corrected chi connectivity index (χ1v) is 8.87. The summed E-state index contributed by atoms with van der Waals surface area (Å²) in [5.41, 5.74) is 11.7. The quantitative estimate of drug-likeness (QED) is 0.498. The molecule has 0 spiro atoms. The normalized spacial score (nSPS) is 10.9. The van der Waals surface area contributed by atoms with Crippen LogP contribution in [0, 0.1) is 0 Å². The number of aromatic nitrogens is 2. The number of fused-ring (bicyclic) bond motifs is 1. The number of amides is 1. The van der Waals surface area contributed by atoms with Gasteiger partial charge in [0.25, 0.3) is 5.91 Å². The highest BCUT2D eigenvalue weighted by atomic mass is 16.1. The van der Waals surface area contributed by atoms with Crippen molar-refractivity contribution < 1.29 is 4.79 Å². The van der Waals surface area contributed by atoms with Crippen molar-refractivity contribution in [3.63, 3.8) is 0 Å². The number of benzene rings is 2. The summed E-state index contributed by atoms with van der Waals surface area (Å²) < 4.78 is 0. The largest absolute Gasteiger partial charge is 0.397 e. The highest BCUT2D eigenvalue weighted by Gasteiger charge is 2.15. The molecule has 0 fully saturated rings. The van der Waals surface area contributed by atoms with Gasteiger partial charge in [-0.3, -0.25) is 9.78 Å². The number of carbonyl (C=O) groups is 1. The van der Waals surface area contributed by atoms with Crippen LogP contribution in [-0.4, -0.2) is 15.9 Å².